The smallest absolute Gasteiger partial charge is 0.509 e. The van der Waals surface area contributed by atoms with Crippen LogP contribution in [0.4, 0.5) is 0 Å². The van der Waals surface area contributed by atoms with E-state index in [9.17, 15) is 0 Å². The fraction of sp³-hybridized carbons (Fsp3) is 0.200. The summed E-state index contributed by atoms with van der Waals surface area (Å²) < 4.78 is 18.9. The largest absolute Gasteiger partial charge is 2.00 e. The van der Waals surface area contributed by atoms with E-state index in [4.69, 9.17) is 16.2 Å². The van der Waals surface area contributed by atoms with Crippen LogP contribution in [0.1, 0.15) is 52.9 Å². The molecule has 46 heavy (non-hydrogen) atoms. The number of rotatable bonds is 7. The number of aryl methyl sites for hydroxylation is 1. The van der Waals surface area contributed by atoms with Crippen LogP contribution in [0.2, 0.25) is 0 Å². The van der Waals surface area contributed by atoms with Crippen LogP contribution in [-0.4, -0.2) is 19.3 Å². The van der Waals surface area contributed by atoms with Crippen LogP contribution in [0.25, 0.3) is 44.4 Å². The van der Waals surface area contributed by atoms with E-state index in [0.29, 0.717) is 17.5 Å². The summed E-state index contributed by atoms with van der Waals surface area (Å²) in [5, 5.41) is 7.00. The molecule has 232 valence electrons. The molecule has 0 aliphatic carbocycles. The fourth-order valence-electron chi connectivity index (χ4n) is 6.07. The van der Waals surface area contributed by atoms with Gasteiger partial charge in [0.2, 0.25) is 0 Å². The molecule has 0 fully saturated rings. The molecule has 0 bridgehead atoms. The van der Waals surface area contributed by atoms with E-state index in [1.165, 1.54) is 16.7 Å². The third-order valence-corrected chi connectivity index (χ3v) is 8.32. The minimum Gasteiger partial charge on any atom is -0.509 e. The molecule has 7 aromatic rings. The number of para-hydroxylation sites is 1. The zero-order chi connectivity index (χ0) is 32.0. The molecule has 7 rings (SSSR count). The normalized spacial score (nSPS) is 11.9. The molecule has 0 unspecified atom stereocenters. The number of ether oxygens (including phenoxy) is 1. The van der Waals surface area contributed by atoms with Gasteiger partial charge in [0.15, 0.2) is 0 Å². The van der Waals surface area contributed by atoms with Gasteiger partial charge in [0, 0.05) is 34.5 Å². The predicted molar refractivity (Wildman–Crippen MR) is 183 cm³/mol. The van der Waals surface area contributed by atoms with Gasteiger partial charge >= 0.3 is 21.1 Å². The molecule has 0 N–H and O–H groups in total. The number of nitrogens with zero attached hydrogens (tertiary/aromatic N) is 4. The quantitative estimate of drug-likeness (QED) is 0.151. The van der Waals surface area contributed by atoms with Crippen LogP contribution in [0.3, 0.4) is 0 Å². The van der Waals surface area contributed by atoms with Crippen molar-refractivity contribution in [1.82, 2.24) is 19.3 Å². The van der Waals surface area contributed by atoms with Gasteiger partial charge < -0.3 is 9.30 Å². The number of fused-ring (bicyclic) bond motifs is 3. The molecule has 0 radical (unpaired) electrons. The first-order valence-electron chi connectivity index (χ1n) is 16.1. The molecule has 0 saturated carbocycles. The van der Waals surface area contributed by atoms with Crippen molar-refractivity contribution in [3.8, 4) is 34.1 Å². The van der Waals surface area contributed by atoms with Crippen LogP contribution in [0.5, 0.6) is 11.5 Å². The van der Waals surface area contributed by atoms with E-state index in [1.54, 1.807) is 0 Å². The van der Waals surface area contributed by atoms with Crippen molar-refractivity contribution < 1.29 is 27.2 Å². The summed E-state index contributed by atoms with van der Waals surface area (Å²) in [5.74, 6) is 1.95. The first-order valence-corrected chi connectivity index (χ1v) is 15.6. The van der Waals surface area contributed by atoms with Gasteiger partial charge in [0.1, 0.15) is 5.82 Å². The summed E-state index contributed by atoms with van der Waals surface area (Å²) in [6.07, 6.45) is 3.52. The van der Waals surface area contributed by atoms with Crippen LogP contribution in [0.15, 0.2) is 103 Å². The Morgan fingerprint density at radius 2 is 1.63 bits per heavy atom. The van der Waals surface area contributed by atoms with Crippen molar-refractivity contribution in [2.45, 2.75) is 52.9 Å². The maximum absolute atomic E-state index is 8.30. The Hall–Kier alpha value is -4.47. The summed E-state index contributed by atoms with van der Waals surface area (Å²) in [5.41, 5.74) is 8.37. The van der Waals surface area contributed by atoms with E-state index in [0.717, 1.165) is 57.5 Å². The topological polar surface area (TPSA) is 44.9 Å². The van der Waals surface area contributed by atoms with Crippen molar-refractivity contribution in [2.24, 2.45) is 0 Å². The summed E-state index contributed by atoms with van der Waals surface area (Å²) >= 11 is 0. The standard InChI is InChI=1S/C40H36N4O.Pt/c1-6-34-39(27-14-9-8-10-15-27)35(7-2)44(42-34)29-16-13-17-30(25-29)45-31-20-21-33-32-18-11-12-19-36(32)43(37(33)26-31)38-24-28(22-23-41-38)40(3,4)5;/h8-24H,6-7H2,1-5H3;/q-2;+2/i11D;. The Labute approximate surface area is 286 Å². The molecule has 0 saturated heterocycles. The summed E-state index contributed by atoms with van der Waals surface area (Å²) in [6, 6.07) is 37.7. The maximum atomic E-state index is 8.30. The Morgan fingerprint density at radius 3 is 2.39 bits per heavy atom. The average molecular weight is 785 g/mol. The monoisotopic (exact) mass is 784 g/mol. The Kier molecular flexibility index (Phi) is 8.36. The van der Waals surface area contributed by atoms with Gasteiger partial charge in [0.25, 0.3) is 0 Å². The van der Waals surface area contributed by atoms with E-state index in [1.807, 2.05) is 65.5 Å². The van der Waals surface area contributed by atoms with Crippen molar-refractivity contribution in [1.29, 1.82) is 0 Å². The first kappa shape index (κ1) is 30.2. The summed E-state index contributed by atoms with van der Waals surface area (Å²) in [7, 11) is 0. The van der Waals surface area contributed by atoms with Gasteiger partial charge in [-0.2, -0.15) is 17.2 Å². The van der Waals surface area contributed by atoms with Crippen LogP contribution in [0, 0.1) is 12.1 Å². The Balaban J connectivity index is 0.00000386. The van der Waals surface area contributed by atoms with Crippen molar-refractivity contribution in [3.63, 3.8) is 0 Å². The van der Waals surface area contributed by atoms with Gasteiger partial charge in [-0.3, -0.25) is 4.68 Å². The number of hydrogen-bond donors (Lipinski definition) is 0. The van der Waals surface area contributed by atoms with Crippen molar-refractivity contribution >= 4 is 21.8 Å². The maximum Gasteiger partial charge on any atom is 2.00 e. The second kappa shape index (κ2) is 12.7. The van der Waals surface area contributed by atoms with Gasteiger partial charge in [-0.15, -0.1) is 35.7 Å². The molecule has 0 spiro atoms. The molecule has 0 aliphatic rings. The predicted octanol–water partition coefficient (Wildman–Crippen LogP) is 9.84. The van der Waals surface area contributed by atoms with Gasteiger partial charge in [0.05, 0.1) is 7.06 Å². The SMILES string of the molecule is [2H]c1ccc2c(c1)c1ccc(Oc3[c-]c(-n4nc(CC)c(-c5ccccc5)c4CC)ccc3)[c-]c1n2-c1cc(C(C)(C)C)ccn1.[Pt+2]. The van der Waals surface area contributed by atoms with Gasteiger partial charge in [-0.25, -0.2) is 4.98 Å². The van der Waals surface area contributed by atoms with Crippen molar-refractivity contribution in [2.75, 3.05) is 0 Å². The van der Waals surface area contributed by atoms with Crippen LogP contribution < -0.4 is 4.74 Å². The first-order chi connectivity index (χ1) is 22.2. The molecule has 0 amide bonds. The van der Waals surface area contributed by atoms with Crippen molar-refractivity contribution in [3.05, 3.63) is 132 Å². The number of hydrogen-bond acceptors (Lipinski definition) is 3. The molecule has 0 atom stereocenters. The van der Waals surface area contributed by atoms with E-state index >= 15 is 0 Å². The molecule has 3 heterocycles. The third-order valence-electron chi connectivity index (χ3n) is 8.32. The Morgan fingerprint density at radius 1 is 0.826 bits per heavy atom. The van der Waals surface area contributed by atoms with E-state index in [2.05, 4.69) is 87.7 Å². The van der Waals surface area contributed by atoms with Crippen LogP contribution >= 0.6 is 0 Å². The van der Waals surface area contributed by atoms with Gasteiger partial charge in [-0.05, 0) is 58.7 Å². The molecule has 4 aromatic carbocycles. The Bertz CT molecular complexity index is 2210. The molecule has 6 heteroatoms. The molecule has 3 aromatic heterocycles. The zero-order valence-electron chi connectivity index (χ0n) is 27.7. The molecular formula is C40H36N4OPt. The average Bonchev–Trinajstić information content (AvgIpc) is 3.60. The minimum atomic E-state index is -0.0321. The van der Waals surface area contributed by atoms with Gasteiger partial charge in [-0.1, -0.05) is 88.6 Å². The minimum absolute atomic E-state index is 0. The molecule has 0 aliphatic heterocycles. The second-order valence-corrected chi connectivity index (χ2v) is 12.3. The summed E-state index contributed by atoms with van der Waals surface area (Å²) in [4.78, 5) is 4.77. The number of pyridine rings is 1. The van der Waals surface area contributed by atoms with E-state index in [-0.39, 0.29) is 26.5 Å². The third kappa shape index (κ3) is 5.69. The zero-order valence-corrected chi connectivity index (χ0v) is 28.9. The van der Waals surface area contributed by atoms with E-state index < -0.39 is 0 Å². The number of benzene rings is 4. The molecule has 5 nitrogen and oxygen atoms in total. The van der Waals surface area contributed by atoms with Crippen LogP contribution in [-0.2, 0) is 39.3 Å². The summed E-state index contributed by atoms with van der Waals surface area (Å²) in [6.45, 7) is 10.9. The second-order valence-electron chi connectivity index (χ2n) is 12.3. The fourth-order valence-corrected chi connectivity index (χ4v) is 6.07. The number of aromatic nitrogens is 4. The molecular weight excluding hydrogens is 748 g/mol.